The van der Waals surface area contributed by atoms with Crippen LogP contribution < -0.4 is 10.6 Å². The van der Waals surface area contributed by atoms with E-state index in [1.54, 1.807) is 12.5 Å². The van der Waals surface area contributed by atoms with Gasteiger partial charge in [-0.3, -0.25) is 0 Å². The summed E-state index contributed by atoms with van der Waals surface area (Å²) in [6, 6.07) is 0.300. The van der Waals surface area contributed by atoms with Gasteiger partial charge in [-0.2, -0.15) is 0 Å². The topological polar surface area (TPSA) is 64.3 Å². The summed E-state index contributed by atoms with van der Waals surface area (Å²) in [6.45, 7) is 4.10. The Balaban J connectivity index is 2.21. The number of rotatable bonds is 2. The lowest BCUT2D eigenvalue weighted by molar-refractivity contribution is 0.0279. The third-order valence-electron chi connectivity index (χ3n) is 2.69. The third-order valence-corrected chi connectivity index (χ3v) is 3.25. The molecule has 1 aliphatic heterocycles. The largest absolute Gasteiger partial charge is 0.373 e. The molecule has 0 amide bonds. The van der Waals surface area contributed by atoms with Crippen LogP contribution in [0.2, 0.25) is 0 Å². The van der Waals surface area contributed by atoms with Crippen LogP contribution in [-0.2, 0) is 4.74 Å². The van der Waals surface area contributed by atoms with Crippen molar-refractivity contribution < 1.29 is 4.74 Å². The standard InChI is InChI=1S/C10H15BrN4O/c1-7-5-16-8(2-12)4-15(7)10-9(11)3-13-6-14-10/h3,6-8H,2,4-5,12H2,1H3. The molecule has 2 unspecified atom stereocenters. The average molecular weight is 287 g/mol. The fourth-order valence-electron chi connectivity index (χ4n) is 1.77. The molecule has 0 aliphatic carbocycles. The molecule has 1 aliphatic rings. The van der Waals surface area contributed by atoms with E-state index >= 15 is 0 Å². The van der Waals surface area contributed by atoms with Gasteiger partial charge in [0, 0.05) is 19.3 Å². The minimum absolute atomic E-state index is 0.0815. The first-order valence-corrected chi connectivity index (χ1v) is 6.05. The van der Waals surface area contributed by atoms with Crippen molar-refractivity contribution in [2.24, 2.45) is 5.73 Å². The van der Waals surface area contributed by atoms with Gasteiger partial charge in [0.1, 0.15) is 12.1 Å². The highest BCUT2D eigenvalue weighted by atomic mass is 79.9. The molecule has 2 N–H and O–H groups in total. The maximum absolute atomic E-state index is 5.63. The molecule has 0 bridgehead atoms. The molecule has 0 saturated carbocycles. The lowest BCUT2D eigenvalue weighted by Crippen LogP contribution is -2.51. The van der Waals surface area contributed by atoms with E-state index in [0.29, 0.717) is 19.2 Å². The minimum Gasteiger partial charge on any atom is -0.373 e. The van der Waals surface area contributed by atoms with Crippen LogP contribution in [0.3, 0.4) is 0 Å². The Bertz CT molecular complexity index is 362. The fraction of sp³-hybridized carbons (Fsp3) is 0.600. The first-order valence-electron chi connectivity index (χ1n) is 5.26. The summed E-state index contributed by atoms with van der Waals surface area (Å²) in [4.78, 5) is 10.5. The van der Waals surface area contributed by atoms with Gasteiger partial charge in [-0.05, 0) is 22.9 Å². The number of halogens is 1. The van der Waals surface area contributed by atoms with Gasteiger partial charge in [-0.15, -0.1) is 0 Å². The Kier molecular flexibility index (Phi) is 3.73. The average Bonchev–Trinajstić information content (AvgIpc) is 2.31. The first-order chi connectivity index (χ1) is 7.72. The molecule has 1 fully saturated rings. The Morgan fingerprint density at radius 3 is 3.19 bits per heavy atom. The molecule has 0 spiro atoms. The second-order valence-corrected chi connectivity index (χ2v) is 4.74. The van der Waals surface area contributed by atoms with Crippen molar-refractivity contribution in [2.75, 3.05) is 24.6 Å². The van der Waals surface area contributed by atoms with E-state index < -0.39 is 0 Å². The van der Waals surface area contributed by atoms with Crippen LogP contribution in [0.25, 0.3) is 0 Å². The lowest BCUT2D eigenvalue weighted by Gasteiger charge is -2.38. The second kappa shape index (κ2) is 5.07. The van der Waals surface area contributed by atoms with E-state index in [9.17, 15) is 0 Å². The molecule has 1 aromatic rings. The van der Waals surface area contributed by atoms with Gasteiger partial charge < -0.3 is 15.4 Å². The Hall–Kier alpha value is -0.720. The number of morpholine rings is 1. The maximum atomic E-state index is 5.63. The van der Waals surface area contributed by atoms with Crippen molar-refractivity contribution in [3.8, 4) is 0 Å². The predicted molar refractivity (Wildman–Crippen MR) is 65.3 cm³/mol. The summed E-state index contributed by atoms with van der Waals surface area (Å²) in [5.41, 5.74) is 5.63. The molecule has 2 heterocycles. The normalized spacial score (nSPS) is 25.8. The monoisotopic (exact) mass is 286 g/mol. The molecule has 0 aromatic carbocycles. The highest BCUT2D eigenvalue weighted by Gasteiger charge is 2.27. The Labute approximate surface area is 103 Å². The van der Waals surface area contributed by atoms with Gasteiger partial charge in [0.15, 0.2) is 0 Å². The van der Waals surface area contributed by atoms with Crippen LogP contribution in [0, 0.1) is 0 Å². The molecule has 1 aromatic heterocycles. The number of nitrogens with zero attached hydrogens (tertiary/aromatic N) is 3. The van der Waals surface area contributed by atoms with Gasteiger partial charge >= 0.3 is 0 Å². The van der Waals surface area contributed by atoms with E-state index in [1.807, 2.05) is 0 Å². The number of hydrogen-bond acceptors (Lipinski definition) is 5. The quantitative estimate of drug-likeness (QED) is 0.871. The van der Waals surface area contributed by atoms with Crippen molar-refractivity contribution in [1.29, 1.82) is 0 Å². The van der Waals surface area contributed by atoms with E-state index in [2.05, 4.69) is 37.7 Å². The molecule has 88 valence electrons. The SMILES string of the molecule is CC1COC(CN)CN1c1ncncc1Br. The smallest absolute Gasteiger partial charge is 0.146 e. The molecular formula is C10H15BrN4O. The summed E-state index contributed by atoms with van der Waals surface area (Å²) < 4.78 is 6.51. The number of aromatic nitrogens is 2. The van der Waals surface area contributed by atoms with Gasteiger partial charge in [-0.1, -0.05) is 0 Å². The highest BCUT2D eigenvalue weighted by molar-refractivity contribution is 9.10. The maximum Gasteiger partial charge on any atom is 0.146 e. The van der Waals surface area contributed by atoms with Crippen molar-refractivity contribution in [2.45, 2.75) is 19.1 Å². The summed E-state index contributed by atoms with van der Waals surface area (Å²) in [5, 5.41) is 0. The predicted octanol–water partition coefficient (Wildman–Crippen LogP) is 0.792. The Morgan fingerprint density at radius 1 is 1.69 bits per heavy atom. The van der Waals surface area contributed by atoms with E-state index in [-0.39, 0.29) is 6.10 Å². The molecule has 5 nitrogen and oxygen atoms in total. The summed E-state index contributed by atoms with van der Waals surface area (Å²) in [6.07, 6.45) is 3.39. The third kappa shape index (κ3) is 2.34. The highest BCUT2D eigenvalue weighted by Crippen LogP contribution is 2.26. The number of ether oxygens (including phenoxy) is 1. The second-order valence-electron chi connectivity index (χ2n) is 3.89. The van der Waals surface area contributed by atoms with Crippen LogP contribution in [0.15, 0.2) is 17.0 Å². The molecule has 2 atom stereocenters. The number of anilines is 1. The van der Waals surface area contributed by atoms with Gasteiger partial charge in [0.25, 0.3) is 0 Å². The zero-order valence-corrected chi connectivity index (χ0v) is 10.7. The summed E-state index contributed by atoms with van der Waals surface area (Å²) >= 11 is 3.46. The number of hydrogen-bond donors (Lipinski definition) is 1. The van der Waals surface area contributed by atoms with Gasteiger partial charge in [-0.25, -0.2) is 9.97 Å². The van der Waals surface area contributed by atoms with Gasteiger partial charge in [0.05, 0.1) is 23.2 Å². The number of nitrogens with two attached hydrogens (primary N) is 1. The van der Waals surface area contributed by atoms with Crippen LogP contribution in [0.4, 0.5) is 5.82 Å². The van der Waals surface area contributed by atoms with E-state index in [4.69, 9.17) is 10.5 Å². The van der Waals surface area contributed by atoms with Crippen LogP contribution >= 0.6 is 15.9 Å². The van der Waals surface area contributed by atoms with E-state index in [1.165, 1.54) is 0 Å². The van der Waals surface area contributed by atoms with Crippen LogP contribution in [0.5, 0.6) is 0 Å². The van der Waals surface area contributed by atoms with Crippen molar-refractivity contribution >= 4 is 21.7 Å². The zero-order chi connectivity index (χ0) is 11.5. The summed E-state index contributed by atoms with van der Waals surface area (Å²) in [7, 11) is 0. The molecule has 6 heteroatoms. The molecule has 0 radical (unpaired) electrons. The first kappa shape index (κ1) is 11.8. The zero-order valence-electron chi connectivity index (χ0n) is 9.14. The molecular weight excluding hydrogens is 272 g/mol. The van der Waals surface area contributed by atoms with Crippen molar-refractivity contribution in [3.05, 3.63) is 17.0 Å². The van der Waals surface area contributed by atoms with Gasteiger partial charge in [0.2, 0.25) is 0 Å². The molecule has 2 rings (SSSR count). The van der Waals surface area contributed by atoms with Crippen molar-refractivity contribution in [3.63, 3.8) is 0 Å². The van der Waals surface area contributed by atoms with Crippen LogP contribution in [-0.4, -0.2) is 41.8 Å². The molecule has 1 saturated heterocycles. The van der Waals surface area contributed by atoms with E-state index in [0.717, 1.165) is 16.8 Å². The summed E-state index contributed by atoms with van der Waals surface area (Å²) in [5.74, 6) is 0.907. The van der Waals surface area contributed by atoms with Crippen molar-refractivity contribution in [1.82, 2.24) is 9.97 Å². The Morgan fingerprint density at radius 2 is 2.50 bits per heavy atom. The fourth-order valence-corrected chi connectivity index (χ4v) is 2.22. The minimum atomic E-state index is 0.0815. The lowest BCUT2D eigenvalue weighted by atomic mass is 10.2. The molecule has 16 heavy (non-hydrogen) atoms. The van der Waals surface area contributed by atoms with Crippen LogP contribution in [0.1, 0.15) is 6.92 Å².